The van der Waals surface area contributed by atoms with Gasteiger partial charge in [0.2, 0.25) is 0 Å². The van der Waals surface area contributed by atoms with E-state index in [0.29, 0.717) is 11.4 Å². The number of para-hydroxylation sites is 1. The van der Waals surface area contributed by atoms with E-state index in [2.05, 4.69) is 16.4 Å². The van der Waals surface area contributed by atoms with Crippen LogP contribution in [0.15, 0.2) is 30.3 Å². The van der Waals surface area contributed by atoms with Crippen molar-refractivity contribution < 1.29 is 4.74 Å². The summed E-state index contributed by atoms with van der Waals surface area (Å²) >= 11 is 0. The number of fused-ring (bicyclic) bond motifs is 1. The molecular weight excluding hydrogens is 238 g/mol. The van der Waals surface area contributed by atoms with Crippen LogP contribution in [0.3, 0.4) is 0 Å². The standard InChI is InChI=1S/C15H15N3O/c16-10-14-15(19-12-5-7-17-8-6-12)9-11-3-1-2-4-13(11)18-14/h1-4,9,12,17H,5-8H2. The van der Waals surface area contributed by atoms with Crippen LogP contribution in [0.1, 0.15) is 18.5 Å². The molecule has 0 radical (unpaired) electrons. The van der Waals surface area contributed by atoms with Gasteiger partial charge in [0, 0.05) is 5.39 Å². The second-order valence-electron chi connectivity index (χ2n) is 4.71. The first-order valence-corrected chi connectivity index (χ1v) is 6.54. The lowest BCUT2D eigenvalue weighted by Gasteiger charge is -2.24. The average Bonchev–Trinajstić information content (AvgIpc) is 2.47. The Morgan fingerprint density at radius 3 is 2.84 bits per heavy atom. The number of pyridine rings is 1. The van der Waals surface area contributed by atoms with Gasteiger partial charge in [-0.1, -0.05) is 18.2 Å². The van der Waals surface area contributed by atoms with E-state index in [1.807, 2.05) is 30.3 Å². The second-order valence-corrected chi connectivity index (χ2v) is 4.71. The summed E-state index contributed by atoms with van der Waals surface area (Å²) < 4.78 is 5.96. The monoisotopic (exact) mass is 253 g/mol. The minimum absolute atomic E-state index is 0.177. The Labute approximate surface area is 112 Å². The fourth-order valence-electron chi connectivity index (χ4n) is 2.36. The van der Waals surface area contributed by atoms with Crippen molar-refractivity contribution in [2.45, 2.75) is 18.9 Å². The van der Waals surface area contributed by atoms with E-state index in [9.17, 15) is 5.26 Å². The molecule has 1 aromatic heterocycles. The molecule has 2 aromatic rings. The van der Waals surface area contributed by atoms with Crippen LogP contribution in [0.4, 0.5) is 0 Å². The lowest BCUT2D eigenvalue weighted by atomic mass is 10.1. The third kappa shape index (κ3) is 2.51. The molecule has 2 heterocycles. The van der Waals surface area contributed by atoms with Crippen LogP contribution < -0.4 is 10.1 Å². The Hall–Kier alpha value is -2.12. The van der Waals surface area contributed by atoms with E-state index in [4.69, 9.17) is 4.74 Å². The molecule has 1 aromatic carbocycles. The number of rotatable bonds is 2. The van der Waals surface area contributed by atoms with Crippen molar-refractivity contribution in [3.8, 4) is 11.8 Å². The quantitative estimate of drug-likeness (QED) is 0.891. The van der Waals surface area contributed by atoms with Crippen molar-refractivity contribution in [1.29, 1.82) is 5.26 Å². The molecule has 0 atom stereocenters. The molecule has 0 unspecified atom stereocenters. The van der Waals surface area contributed by atoms with Crippen molar-refractivity contribution in [3.05, 3.63) is 36.0 Å². The van der Waals surface area contributed by atoms with E-state index in [1.54, 1.807) is 0 Å². The maximum absolute atomic E-state index is 9.20. The normalized spacial score (nSPS) is 16.2. The lowest BCUT2D eigenvalue weighted by molar-refractivity contribution is 0.161. The number of piperidine rings is 1. The minimum Gasteiger partial charge on any atom is -0.487 e. The highest BCUT2D eigenvalue weighted by Crippen LogP contribution is 2.25. The van der Waals surface area contributed by atoms with E-state index in [1.165, 1.54) is 0 Å². The fourth-order valence-corrected chi connectivity index (χ4v) is 2.36. The molecule has 0 amide bonds. The van der Waals surface area contributed by atoms with Gasteiger partial charge in [-0.25, -0.2) is 4.98 Å². The van der Waals surface area contributed by atoms with Crippen molar-refractivity contribution in [1.82, 2.24) is 10.3 Å². The third-order valence-corrected chi connectivity index (χ3v) is 3.37. The summed E-state index contributed by atoms with van der Waals surface area (Å²) in [5.41, 5.74) is 1.20. The zero-order chi connectivity index (χ0) is 13.1. The van der Waals surface area contributed by atoms with Crippen LogP contribution in [0.5, 0.6) is 5.75 Å². The van der Waals surface area contributed by atoms with Crippen LogP contribution in [-0.2, 0) is 0 Å². The number of benzene rings is 1. The first-order valence-electron chi connectivity index (χ1n) is 6.54. The maximum Gasteiger partial charge on any atom is 0.183 e. The number of hydrogen-bond acceptors (Lipinski definition) is 4. The highest BCUT2D eigenvalue weighted by atomic mass is 16.5. The van der Waals surface area contributed by atoms with E-state index in [-0.39, 0.29) is 6.10 Å². The molecular formula is C15H15N3O. The topological polar surface area (TPSA) is 57.9 Å². The number of nitrogens with zero attached hydrogens (tertiary/aromatic N) is 2. The Kier molecular flexibility index (Phi) is 3.30. The molecule has 19 heavy (non-hydrogen) atoms. The highest BCUT2D eigenvalue weighted by molar-refractivity contribution is 5.80. The Morgan fingerprint density at radius 1 is 1.26 bits per heavy atom. The zero-order valence-electron chi connectivity index (χ0n) is 10.6. The predicted octanol–water partition coefficient (Wildman–Crippen LogP) is 2.24. The van der Waals surface area contributed by atoms with Gasteiger partial charge in [-0.05, 0) is 38.1 Å². The predicted molar refractivity (Wildman–Crippen MR) is 73.0 cm³/mol. The minimum atomic E-state index is 0.177. The van der Waals surface area contributed by atoms with Crippen LogP contribution in [0.2, 0.25) is 0 Å². The zero-order valence-corrected chi connectivity index (χ0v) is 10.6. The van der Waals surface area contributed by atoms with Crippen LogP contribution in [-0.4, -0.2) is 24.2 Å². The van der Waals surface area contributed by atoms with Gasteiger partial charge in [0.05, 0.1) is 5.52 Å². The summed E-state index contributed by atoms with van der Waals surface area (Å²) in [6.07, 6.45) is 2.12. The SMILES string of the molecule is N#Cc1nc2ccccc2cc1OC1CCNCC1. The third-order valence-electron chi connectivity index (χ3n) is 3.37. The number of nitriles is 1. The molecule has 96 valence electrons. The Bertz CT molecular complexity index is 627. The number of aromatic nitrogens is 1. The van der Waals surface area contributed by atoms with Crippen molar-refractivity contribution >= 4 is 10.9 Å². The number of ether oxygens (including phenoxy) is 1. The van der Waals surface area contributed by atoms with Crippen molar-refractivity contribution in [2.24, 2.45) is 0 Å². The van der Waals surface area contributed by atoms with Crippen molar-refractivity contribution in [3.63, 3.8) is 0 Å². The lowest BCUT2D eigenvalue weighted by Crippen LogP contribution is -2.34. The van der Waals surface area contributed by atoms with Gasteiger partial charge in [-0.15, -0.1) is 0 Å². The molecule has 0 aliphatic carbocycles. The molecule has 1 N–H and O–H groups in total. The van der Waals surface area contributed by atoms with Crippen LogP contribution in [0, 0.1) is 11.3 Å². The van der Waals surface area contributed by atoms with E-state index in [0.717, 1.165) is 36.8 Å². The van der Waals surface area contributed by atoms with Gasteiger partial charge in [0.25, 0.3) is 0 Å². The molecule has 0 spiro atoms. The molecule has 1 fully saturated rings. The summed E-state index contributed by atoms with van der Waals surface area (Å²) in [5, 5.41) is 13.5. The second kappa shape index (κ2) is 5.25. The van der Waals surface area contributed by atoms with Gasteiger partial charge < -0.3 is 10.1 Å². The van der Waals surface area contributed by atoms with Crippen LogP contribution >= 0.6 is 0 Å². The number of nitrogens with one attached hydrogen (secondary N) is 1. The van der Waals surface area contributed by atoms with Crippen LogP contribution in [0.25, 0.3) is 10.9 Å². The Balaban J connectivity index is 1.94. The maximum atomic E-state index is 9.20. The largest absolute Gasteiger partial charge is 0.487 e. The first-order chi connectivity index (χ1) is 9.36. The summed E-state index contributed by atoms with van der Waals surface area (Å²) in [7, 11) is 0. The van der Waals surface area contributed by atoms with Gasteiger partial charge in [-0.3, -0.25) is 0 Å². The van der Waals surface area contributed by atoms with Crippen molar-refractivity contribution in [2.75, 3.05) is 13.1 Å². The fraction of sp³-hybridized carbons (Fsp3) is 0.333. The smallest absolute Gasteiger partial charge is 0.183 e. The molecule has 3 rings (SSSR count). The Morgan fingerprint density at radius 2 is 2.05 bits per heavy atom. The van der Waals surface area contributed by atoms with Gasteiger partial charge >= 0.3 is 0 Å². The molecule has 4 heteroatoms. The number of hydrogen-bond donors (Lipinski definition) is 1. The first kappa shape index (κ1) is 11.9. The van der Waals surface area contributed by atoms with Gasteiger partial charge in [-0.2, -0.15) is 5.26 Å². The molecule has 4 nitrogen and oxygen atoms in total. The van der Waals surface area contributed by atoms with Gasteiger partial charge in [0.1, 0.15) is 12.2 Å². The molecule has 0 bridgehead atoms. The molecule has 0 saturated carbocycles. The van der Waals surface area contributed by atoms with E-state index >= 15 is 0 Å². The van der Waals surface area contributed by atoms with Gasteiger partial charge in [0.15, 0.2) is 11.4 Å². The van der Waals surface area contributed by atoms with E-state index < -0.39 is 0 Å². The highest BCUT2D eigenvalue weighted by Gasteiger charge is 2.17. The summed E-state index contributed by atoms with van der Waals surface area (Å²) in [6, 6.07) is 11.8. The molecule has 1 saturated heterocycles. The molecule has 1 aliphatic heterocycles. The summed E-state index contributed by atoms with van der Waals surface area (Å²) in [5.74, 6) is 0.605. The summed E-state index contributed by atoms with van der Waals surface area (Å²) in [6.45, 7) is 1.93. The summed E-state index contributed by atoms with van der Waals surface area (Å²) in [4.78, 5) is 4.36. The average molecular weight is 253 g/mol. The molecule has 1 aliphatic rings.